The van der Waals surface area contributed by atoms with E-state index in [1.165, 1.54) is 0 Å². The molecule has 114 valence electrons. The summed E-state index contributed by atoms with van der Waals surface area (Å²) in [4.78, 5) is 14.1. The van der Waals surface area contributed by atoms with Crippen molar-refractivity contribution in [3.63, 3.8) is 0 Å². The second-order valence-electron chi connectivity index (χ2n) is 5.52. The molecule has 1 heterocycles. The summed E-state index contributed by atoms with van der Waals surface area (Å²) in [6.07, 6.45) is 3.71. The number of rotatable bonds is 8. The first-order chi connectivity index (χ1) is 9.53. The third kappa shape index (κ3) is 4.35. The van der Waals surface area contributed by atoms with Crippen molar-refractivity contribution in [3.05, 3.63) is 23.7 Å². The van der Waals surface area contributed by atoms with Gasteiger partial charge in [0.25, 0.3) is 5.91 Å². The molecule has 0 aliphatic heterocycles. The van der Waals surface area contributed by atoms with Gasteiger partial charge in [-0.3, -0.25) is 15.1 Å². The summed E-state index contributed by atoms with van der Waals surface area (Å²) in [6, 6.07) is 2.16. The van der Waals surface area contributed by atoms with Gasteiger partial charge in [0.15, 0.2) is 0 Å². The Bertz CT molecular complexity index is 411. The quantitative estimate of drug-likeness (QED) is 0.436. The third-order valence-corrected chi connectivity index (χ3v) is 3.53. The van der Waals surface area contributed by atoms with Gasteiger partial charge in [-0.05, 0) is 24.8 Å². The minimum atomic E-state index is -0.303. The Morgan fingerprint density at radius 2 is 2.05 bits per heavy atom. The molecule has 0 fully saturated rings. The van der Waals surface area contributed by atoms with Crippen LogP contribution in [0, 0.1) is 5.92 Å². The normalized spacial score (nSPS) is 11.6. The van der Waals surface area contributed by atoms with E-state index in [1.807, 2.05) is 0 Å². The predicted octanol–water partition coefficient (Wildman–Crippen LogP) is 2.53. The molecule has 3 N–H and O–H groups in total. The van der Waals surface area contributed by atoms with Gasteiger partial charge in [-0.2, -0.15) is 0 Å². The van der Waals surface area contributed by atoms with E-state index in [4.69, 9.17) is 10.3 Å². The maximum Gasteiger partial charge on any atom is 0.268 e. The summed E-state index contributed by atoms with van der Waals surface area (Å²) in [5.74, 6) is 6.15. The number of carbonyl (C=O) groups is 1. The first kappa shape index (κ1) is 16.7. The molecule has 0 aliphatic rings. The van der Waals surface area contributed by atoms with Crippen molar-refractivity contribution >= 4 is 5.91 Å². The van der Waals surface area contributed by atoms with E-state index in [2.05, 4.69) is 38.0 Å². The van der Waals surface area contributed by atoms with Gasteiger partial charge in [0.1, 0.15) is 5.76 Å². The Labute approximate surface area is 121 Å². The zero-order valence-electron chi connectivity index (χ0n) is 13.0. The fourth-order valence-electron chi connectivity index (χ4n) is 2.54. The van der Waals surface area contributed by atoms with Gasteiger partial charge in [-0.1, -0.05) is 27.7 Å². The molecule has 0 saturated carbocycles. The van der Waals surface area contributed by atoms with E-state index in [9.17, 15) is 4.79 Å². The van der Waals surface area contributed by atoms with E-state index in [1.54, 1.807) is 12.3 Å². The standard InChI is InChI=1S/C15H27N3O2/c1-5-12(6-2)18(9-11(3)4)10-14-13(7-8-20-14)15(19)17-16/h7-8,11-12H,5-6,9-10,16H2,1-4H3,(H,17,19). The molecule has 1 rings (SSSR count). The van der Waals surface area contributed by atoms with Crippen molar-refractivity contribution in [1.82, 2.24) is 10.3 Å². The van der Waals surface area contributed by atoms with E-state index < -0.39 is 0 Å². The summed E-state index contributed by atoms with van der Waals surface area (Å²) in [6.45, 7) is 10.4. The van der Waals surface area contributed by atoms with Crippen molar-refractivity contribution in [2.75, 3.05) is 6.54 Å². The van der Waals surface area contributed by atoms with Crippen LogP contribution in [0.25, 0.3) is 0 Å². The molecule has 0 saturated heterocycles. The highest BCUT2D eigenvalue weighted by atomic mass is 16.3. The Morgan fingerprint density at radius 1 is 1.40 bits per heavy atom. The molecule has 0 atom stereocenters. The summed E-state index contributed by atoms with van der Waals surface area (Å²) in [7, 11) is 0. The van der Waals surface area contributed by atoms with Crippen LogP contribution in [0.5, 0.6) is 0 Å². The molecule has 20 heavy (non-hydrogen) atoms. The van der Waals surface area contributed by atoms with Gasteiger partial charge in [0.05, 0.1) is 18.4 Å². The van der Waals surface area contributed by atoms with Gasteiger partial charge < -0.3 is 4.42 Å². The number of nitrogens with zero attached hydrogens (tertiary/aromatic N) is 1. The van der Waals surface area contributed by atoms with E-state index in [0.29, 0.717) is 29.8 Å². The molecule has 0 radical (unpaired) electrons. The number of hydrogen-bond acceptors (Lipinski definition) is 4. The summed E-state index contributed by atoms with van der Waals surface area (Å²) in [5.41, 5.74) is 2.68. The predicted molar refractivity (Wildman–Crippen MR) is 80.0 cm³/mol. The molecule has 1 aromatic heterocycles. The Balaban J connectivity index is 2.89. The molecule has 1 aromatic rings. The first-order valence-electron chi connectivity index (χ1n) is 7.34. The molecular weight excluding hydrogens is 254 g/mol. The highest BCUT2D eigenvalue weighted by Crippen LogP contribution is 2.19. The number of nitrogens with one attached hydrogen (secondary N) is 1. The Kier molecular flexibility index (Phi) is 6.75. The first-order valence-corrected chi connectivity index (χ1v) is 7.34. The largest absolute Gasteiger partial charge is 0.467 e. The second kappa shape index (κ2) is 8.07. The number of hydrogen-bond donors (Lipinski definition) is 2. The minimum Gasteiger partial charge on any atom is -0.467 e. The monoisotopic (exact) mass is 281 g/mol. The molecule has 5 nitrogen and oxygen atoms in total. The zero-order valence-corrected chi connectivity index (χ0v) is 13.0. The molecule has 0 spiro atoms. The van der Waals surface area contributed by atoms with E-state index in [-0.39, 0.29) is 5.91 Å². The average Bonchev–Trinajstić information content (AvgIpc) is 2.86. The van der Waals surface area contributed by atoms with Crippen LogP contribution in [-0.4, -0.2) is 23.4 Å². The summed E-state index contributed by atoms with van der Waals surface area (Å²) in [5, 5.41) is 0. The Hall–Kier alpha value is -1.33. The average molecular weight is 281 g/mol. The van der Waals surface area contributed by atoms with Crippen LogP contribution in [0.4, 0.5) is 0 Å². The number of amides is 1. The van der Waals surface area contributed by atoms with E-state index in [0.717, 1.165) is 19.4 Å². The molecule has 1 amide bonds. The maximum absolute atomic E-state index is 11.7. The highest BCUT2D eigenvalue weighted by Gasteiger charge is 2.21. The van der Waals surface area contributed by atoms with Gasteiger partial charge in [0, 0.05) is 12.6 Å². The van der Waals surface area contributed by atoms with Crippen LogP contribution < -0.4 is 11.3 Å². The lowest BCUT2D eigenvalue weighted by molar-refractivity contribution is 0.0946. The lowest BCUT2D eigenvalue weighted by Crippen LogP contribution is -2.37. The van der Waals surface area contributed by atoms with Crippen LogP contribution in [-0.2, 0) is 6.54 Å². The second-order valence-corrected chi connectivity index (χ2v) is 5.52. The number of nitrogens with two attached hydrogens (primary N) is 1. The van der Waals surface area contributed by atoms with Crippen LogP contribution in [0.3, 0.4) is 0 Å². The Morgan fingerprint density at radius 3 is 2.55 bits per heavy atom. The summed E-state index contributed by atoms with van der Waals surface area (Å²) < 4.78 is 5.48. The zero-order chi connectivity index (χ0) is 15.1. The molecule has 0 unspecified atom stereocenters. The molecule has 5 heteroatoms. The van der Waals surface area contributed by atoms with E-state index >= 15 is 0 Å². The fraction of sp³-hybridized carbons (Fsp3) is 0.667. The SMILES string of the molecule is CCC(CC)N(Cc1occc1C(=O)NN)CC(C)C. The topological polar surface area (TPSA) is 71.5 Å². The van der Waals surface area contributed by atoms with Crippen LogP contribution in [0.15, 0.2) is 16.7 Å². The highest BCUT2D eigenvalue weighted by molar-refractivity contribution is 5.94. The van der Waals surface area contributed by atoms with Gasteiger partial charge >= 0.3 is 0 Å². The van der Waals surface area contributed by atoms with Crippen molar-refractivity contribution in [2.45, 2.75) is 53.1 Å². The van der Waals surface area contributed by atoms with Crippen LogP contribution >= 0.6 is 0 Å². The number of furan rings is 1. The van der Waals surface area contributed by atoms with Crippen molar-refractivity contribution in [2.24, 2.45) is 11.8 Å². The minimum absolute atomic E-state index is 0.303. The smallest absolute Gasteiger partial charge is 0.268 e. The van der Waals surface area contributed by atoms with Crippen molar-refractivity contribution < 1.29 is 9.21 Å². The van der Waals surface area contributed by atoms with Crippen LogP contribution in [0.1, 0.15) is 56.7 Å². The fourth-order valence-corrected chi connectivity index (χ4v) is 2.54. The number of nitrogen functional groups attached to an aromatic ring is 1. The molecule has 0 bridgehead atoms. The lowest BCUT2D eigenvalue weighted by Gasteiger charge is -2.31. The van der Waals surface area contributed by atoms with Gasteiger partial charge in [-0.15, -0.1) is 0 Å². The number of carbonyl (C=O) groups excluding carboxylic acids is 1. The maximum atomic E-state index is 11.7. The molecular formula is C15H27N3O2. The van der Waals surface area contributed by atoms with Crippen LogP contribution in [0.2, 0.25) is 0 Å². The summed E-state index contributed by atoms with van der Waals surface area (Å²) >= 11 is 0. The lowest BCUT2D eigenvalue weighted by atomic mass is 10.1. The third-order valence-electron chi connectivity index (χ3n) is 3.53. The number of hydrazine groups is 1. The van der Waals surface area contributed by atoms with Gasteiger partial charge in [0.2, 0.25) is 0 Å². The molecule has 0 aromatic carbocycles. The van der Waals surface area contributed by atoms with Crippen molar-refractivity contribution in [3.8, 4) is 0 Å². The molecule has 0 aliphatic carbocycles. The van der Waals surface area contributed by atoms with Gasteiger partial charge in [-0.25, -0.2) is 5.84 Å². The van der Waals surface area contributed by atoms with Crippen molar-refractivity contribution in [1.29, 1.82) is 0 Å².